The van der Waals surface area contributed by atoms with E-state index in [0.29, 0.717) is 0 Å². The van der Waals surface area contributed by atoms with Crippen molar-refractivity contribution in [3.63, 3.8) is 0 Å². The molecule has 3 heterocycles. The first-order valence-corrected chi connectivity index (χ1v) is 6.02. The van der Waals surface area contributed by atoms with E-state index in [2.05, 4.69) is 25.2 Å². The van der Waals surface area contributed by atoms with Crippen LogP contribution in [0.4, 0.5) is 0 Å². The molecular formula is C12H17N5. The highest BCUT2D eigenvalue weighted by Gasteiger charge is 2.12. The summed E-state index contributed by atoms with van der Waals surface area (Å²) < 4.78 is 0. The number of aromatic nitrogens is 3. The van der Waals surface area contributed by atoms with Gasteiger partial charge in [-0.25, -0.2) is 4.98 Å². The van der Waals surface area contributed by atoms with Gasteiger partial charge in [0.05, 0.1) is 24.1 Å². The molecule has 1 aliphatic rings. The van der Waals surface area contributed by atoms with Gasteiger partial charge in [0.15, 0.2) is 0 Å². The van der Waals surface area contributed by atoms with E-state index in [9.17, 15) is 0 Å². The van der Waals surface area contributed by atoms with Crippen LogP contribution in [0.5, 0.6) is 0 Å². The van der Waals surface area contributed by atoms with Gasteiger partial charge in [-0.2, -0.15) is 0 Å². The summed E-state index contributed by atoms with van der Waals surface area (Å²) in [4.78, 5) is 13.4. The number of hydrogen-bond acceptors (Lipinski definition) is 3. The van der Waals surface area contributed by atoms with Crippen molar-refractivity contribution in [3.8, 4) is 11.4 Å². The van der Waals surface area contributed by atoms with E-state index in [1.807, 2.05) is 24.5 Å². The largest absolute Gasteiger partial charge is 0.360 e. The topological polar surface area (TPSA) is 59.7 Å². The molecule has 0 saturated carbocycles. The maximum atomic E-state index is 4.43. The van der Waals surface area contributed by atoms with Crippen molar-refractivity contribution in [1.82, 2.24) is 25.2 Å². The molecule has 17 heavy (non-hydrogen) atoms. The van der Waals surface area contributed by atoms with Crippen LogP contribution in [0.1, 0.15) is 5.82 Å². The Bertz CT molecular complexity index is 453. The molecule has 0 aromatic carbocycles. The Balaban J connectivity index is 1.68. The van der Waals surface area contributed by atoms with E-state index >= 15 is 0 Å². The number of hydrogen-bond donors (Lipinski definition) is 3. The molecule has 3 rings (SSSR count). The van der Waals surface area contributed by atoms with Crippen LogP contribution in [-0.2, 0) is 6.54 Å². The average Bonchev–Trinajstić information content (AvgIpc) is 3.00. The summed E-state index contributed by atoms with van der Waals surface area (Å²) >= 11 is 0. The van der Waals surface area contributed by atoms with Gasteiger partial charge in [0.1, 0.15) is 5.82 Å². The number of H-pyrrole nitrogens is 2. The molecule has 1 saturated heterocycles. The van der Waals surface area contributed by atoms with Crippen molar-refractivity contribution >= 4 is 0 Å². The number of piperazine rings is 1. The summed E-state index contributed by atoms with van der Waals surface area (Å²) in [7, 11) is 0. The minimum atomic E-state index is 0.905. The molecule has 0 bridgehead atoms. The highest BCUT2D eigenvalue weighted by molar-refractivity contribution is 5.53. The quantitative estimate of drug-likeness (QED) is 0.732. The monoisotopic (exact) mass is 231 g/mol. The van der Waals surface area contributed by atoms with E-state index in [0.717, 1.165) is 49.9 Å². The lowest BCUT2D eigenvalue weighted by Gasteiger charge is -2.26. The molecule has 90 valence electrons. The fraction of sp³-hybridized carbons (Fsp3) is 0.417. The first-order valence-electron chi connectivity index (χ1n) is 6.02. The molecule has 0 aliphatic carbocycles. The second-order valence-corrected chi connectivity index (χ2v) is 4.35. The van der Waals surface area contributed by atoms with Gasteiger partial charge in [-0.3, -0.25) is 4.90 Å². The predicted molar refractivity (Wildman–Crippen MR) is 66.5 cm³/mol. The molecule has 2 aromatic heterocycles. The van der Waals surface area contributed by atoms with Gasteiger partial charge in [-0.15, -0.1) is 0 Å². The van der Waals surface area contributed by atoms with Gasteiger partial charge in [-0.1, -0.05) is 0 Å². The fourth-order valence-corrected chi connectivity index (χ4v) is 2.16. The zero-order chi connectivity index (χ0) is 11.5. The molecule has 0 amide bonds. The van der Waals surface area contributed by atoms with Gasteiger partial charge in [0, 0.05) is 32.4 Å². The number of rotatable bonds is 3. The van der Waals surface area contributed by atoms with Crippen molar-refractivity contribution in [3.05, 3.63) is 30.4 Å². The Labute approximate surface area is 100 Å². The summed E-state index contributed by atoms with van der Waals surface area (Å²) in [5.74, 6) is 1.04. The maximum Gasteiger partial charge on any atom is 0.120 e. The van der Waals surface area contributed by atoms with Gasteiger partial charge in [0.25, 0.3) is 0 Å². The van der Waals surface area contributed by atoms with Crippen molar-refractivity contribution in [2.45, 2.75) is 6.54 Å². The third-order valence-electron chi connectivity index (χ3n) is 3.10. The molecule has 5 nitrogen and oxygen atoms in total. The Hall–Kier alpha value is -1.59. The minimum Gasteiger partial charge on any atom is -0.360 e. The standard InChI is InChI=1S/C12H17N5/c1-2-10(14-3-1)11-8-15-12(16-11)9-17-6-4-13-5-7-17/h1-3,8,13-14H,4-7,9H2,(H,15,16). The van der Waals surface area contributed by atoms with Crippen LogP contribution in [-0.4, -0.2) is 46.0 Å². The smallest absolute Gasteiger partial charge is 0.120 e. The lowest BCUT2D eigenvalue weighted by Crippen LogP contribution is -2.43. The Morgan fingerprint density at radius 3 is 2.88 bits per heavy atom. The maximum absolute atomic E-state index is 4.43. The highest BCUT2D eigenvalue weighted by atomic mass is 15.2. The van der Waals surface area contributed by atoms with E-state index in [1.165, 1.54) is 0 Å². The number of nitrogens with one attached hydrogen (secondary N) is 3. The first kappa shape index (κ1) is 10.6. The zero-order valence-corrected chi connectivity index (χ0v) is 9.74. The number of aromatic amines is 2. The van der Waals surface area contributed by atoms with Crippen LogP contribution in [0.15, 0.2) is 24.5 Å². The van der Waals surface area contributed by atoms with Crippen LogP contribution in [0, 0.1) is 0 Å². The lowest BCUT2D eigenvalue weighted by atomic mass is 10.3. The Morgan fingerprint density at radius 2 is 2.12 bits per heavy atom. The van der Waals surface area contributed by atoms with Gasteiger partial charge in [0.2, 0.25) is 0 Å². The molecule has 0 radical (unpaired) electrons. The van der Waals surface area contributed by atoms with Crippen molar-refractivity contribution in [2.24, 2.45) is 0 Å². The molecule has 3 N–H and O–H groups in total. The molecule has 5 heteroatoms. The second-order valence-electron chi connectivity index (χ2n) is 4.35. The zero-order valence-electron chi connectivity index (χ0n) is 9.74. The predicted octanol–water partition coefficient (Wildman–Crippen LogP) is 0.810. The summed E-state index contributed by atoms with van der Waals surface area (Å²) in [6, 6.07) is 4.04. The Kier molecular flexibility index (Phi) is 2.94. The minimum absolute atomic E-state index is 0.905. The molecule has 0 atom stereocenters. The lowest BCUT2D eigenvalue weighted by molar-refractivity contribution is 0.228. The van der Waals surface area contributed by atoms with Crippen molar-refractivity contribution in [1.29, 1.82) is 0 Å². The summed E-state index contributed by atoms with van der Waals surface area (Å²) in [6.45, 7) is 5.24. The van der Waals surface area contributed by atoms with Gasteiger partial charge < -0.3 is 15.3 Å². The molecule has 0 spiro atoms. The summed E-state index contributed by atoms with van der Waals surface area (Å²) in [6.07, 6.45) is 3.81. The van der Waals surface area contributed by atoms with Gasteiger partial charge >= 0.3 is 0 Å². The second kappa shape index (κ2) is 4.73. The van der Waals surface area contributed by atoms with Crippen LogP contribution >= 0.6 is 0 Å². The van der Waals surface area contributed by atoms with E-state index < -0.39 is 0 Å². The molecule has 2 aromatic rings. The van der Waals surface area contributed by atoms with Crippen LogP contribution < -0.4 is 5.32 Å². The van der Waals surface area contributed by atoms with Crippen molar-refractivity contribution < 1.29 is 0 Å². The normalized spacial score (nSPS) is 17.4. The van der Waals surface area contributed by atoms with Crippen LogP contribution in [0.2, 0.25) is 0 Å². The number of imidazole rings is 1. The van der Waals surface area contributed by atoms with E-state index in [4.69, 9.17) is 0 Å². The third-order valence-corrected chi connectivity index (χ3v) is 3.10. The summed E-state index contributed by atoms with van der Waals surface area (Å²) in [5, 5.41) is 3.35. The summed E-state index contributed by atoms with van der Waals surface area (Å²) in [5.41, 5.74) is 2.14. The third kappa shape index (κ3) is 2.40. The van der Waals surface area contributed by atoms with Crippen LogP contribution in [0.3, 0.4) is 0 Å². The molecular weight excluding hydrogens is 214 g/mol. The average molecular weight is 231 g/mol. The number of nitrogens with zero attached hydrogens (tertiary/aromatic N) is 2. The fourth-order valence-electron chi connectivity index (χ4n) is 2.16. The Morgan fingerprint density at radius 1 is 1.24 bits per heavy atom. The first-order chi connectivity index (χ1) is 8.42. The van der Waals surface area contributed by atoms with E-state index in [-0.39, 0.29) is 0 Å². The molecule has 0 unspecified atom stereocenters. The highest BCUT2D eigenvalue weighted by Crippen LogP contribution is 2.14. The van der Waals surface area contributed by atoms with Crippen molar-refractivity contribution in [2.75, 3.05) is 26.2 Å². The molecule has 1 fully saturated rings. The van der Waals surface area contributed by atoms with Crippen LogP contribution in [0.25, 0.3) is 11.4 Å². The van der Waals surface area contributed by atoms with Gasteiger partial charge in [-0.05, 0) is 12.1 Å². The van der Waals surface area contributed by atoms with E-state index in [1.54, 1.807) is 0 Å². The molecule has 1 aliphatic heterocycles. The SMILES string of the molecule is c1c[nH]c(-c2cnc(CN3CCNCC3)[nH]2)c1.